The minimum atomic E-state index is -0.526. The molecular weight excluding hydrogens is 264 g/mol. The van der Waals surface area contributed by atoms with Gasteiger partial charge in [-0.25, -0.2) is 0 Å². The largest absolute Gasteiger partial charge is 0.761 e. The van der Waals surface area contributed by atoms with Crippen LogP contribution >= 0.6 is 12.2 Å². The smallest absolute Gasteiger partial charge is 0.278 e. The van der Waals surface area contributed by atoms with Gasteiger partial charge in [-0.3, -0.25) is 13.9 Å². The zero-order valence-electron chi connectivity index (χ0n) is 10.3. The maximum absolute atomic E-state index is 11.8. The second-order valence-corrected chi connectivity index (χ2v) is 4.45. The lowest BCUT2D eigenvalue weighted by Crippen LogP contribution is -2.27. The quantitative estimate of drug-likeness (QED) is 0.655. The summed E-state index contributed by atoms with van der Waals surface area (Å²) in [5.41, 5.74) is 7.67. The SMILES string of the molecule is Cn1c(=O)c(N[O-])c(N)n(Cc2ccccc2)c1=S. The molecule has 0 aliphatic rings. The van der Waals surface area contributed by atoms with Crippen molar-refractivity contribution in [2.45, 2.75) is 6.54 Å². The molecule has 2 aromatic rings. The Bertz CT molecular complexity index is 706. The summed E-state index contributed by atoms with van der Waals surface area (Å²) in [4.78, 5) is 11.8. The standard InChI is InChI=1S/C12H13N4O2S/c1-15-11(17)9(14-18)10(13)16(12(15)19)7-8-5-3-2-4-6-8/h2-6,14H,7,13H2,1H3/q-1. The molecule has 0 saturated heterocycles. The summed E-state index contributed by atoms with van der Waals surface area (Å²) in [6, 6.07) is 9.51. The molecule has 3 N–H and O–H groups in total. The Kier molecular flexibility index (Phi) is 3.68. The van der Waals surface area contributed by atoms with Crippen LogP contribution in [0.5, 0.6) is 0 Å². The molecule has 7 heteroatoms. The van der Waals surface area contributed by atoms with E-state index in [1.807, 2.05) is 30.3 Å². The molecule has 19 heavy (non-hydrogen) atoms. The lowest BCUT2D eigenvalue weighted by molar-refractivity contribution is 0.686. The highest BCUT2D eigenvalue weighted by Gasteiger charge is 2.11. The Hall–Kier alpha value is -2.12. The van der Waals surface area contributed by atoms with Gasteiger partial charge in [-0.1, -0.05) is 30.3 Å². The number of benzene rings is 1. The average Bonchev–Trinajstić information content (AvgIpc) is 2.43. The first kappa shape index (κ1) is 13.3. The van der Waals surface area contributed by atoms with Gasteiger partial charge in [-0.2, -0.15) is 0 Å². The van der Waals surface area contributed by atoms with Gasteiger partial charge in [0.05, 0.1) is 6.54 Å². The van der Waals surface area contributed by atoms with E-state index in [4.69, 9.17) is 18.0 Å². The second kappa shape index (κ2) is 5.25. The average molecular weight is 277 g/mol. The maximum atomic E-state index is 11.8. The first-order valence-corrected chi connectivity index (χ1v) is 5.98. The summed E-state index contributed by atoms with van der Waals surface area (Å²) in [5.74, 6) is 0.0481. The molecule has 0 aliphatic heterocycles. The highest BCUT2D eigenvalue weighted by molar-refractivity contribution is 7.71. The fourth-order valence-electron chi connectivity index (χ4n) is 1.80. The van der Waals surface area contributed by atoms with Gasteiger partial charge >= 0.3 is 0 Å². The van der Waals surface area contributed by atoms with Crippen LogP contribution in [0.1, 0.15) is 5.56 Å². The van der Waals surface area contributed by atoms with Crippen LogP contribution in [0.25, 0.3) is 0 Å². The molecule has 0 bridgehead atoms. The van der Waals surface area contributed by atoms with Gasteiger partial charge in [0.25, 0.3) is 5.56 Å². The van der Waals surface area contributed by atoms with Crippen molar-refractivity contribution in [1.82, 2.24) is 9.13 Å². The van der Waals surface area contributed by atoms with Crippen LogP contribution in [0.15, 0.2) is 35.1 Å². The molecule has 1 aromatic heterocycles. The zero-order chi connectivity index (χ0) is 14.0. The third-order valence-corrected chi connectivity index (χ3v) is 3.36. The van der Waals surface area contributed by atoms with E-state index in [1.165, 1.54) is 11.6 Å². The summed E-state index contributed by atoms with van der Waals surface area (Å²) in [6.45, 7) is 0.397. The van der Waals surface area contributed by atoms with Crippen LogP contribution in [-0.4, -0.2) is 9.13 Å². The van der Waals surface area contributed by atoms with E-state index in [0.717, 1.165) is 5.56 Å². The van der Waals surface area contributed by atoms with Crippen molar-refractivity contribution in [3.8, 4) is 0 Å². The normalized spacial score (nSPS) is 10.4. The predicted molar refractivity (Wildman–Crippen MR) is 77.5 cm³/mol. The number of hydrogen-bond acceptors (Lipinski definition) is 5. The molecule has 1 heterocycles. The van der Waals surface area contributed by atoms with Gasteiger partial charge in [0.2, 0.25) is 0 Å². The van der Waals surface area contributed by atoms with Crippen LogP contribution in [-0.2, 0) is 13.6 Å². The molecule has 0 unspecified atom stereocenters. The molecule has 0 radical (unpaired) electrons. The van der Waals surface area contributed by atoms with E-state index in [0.29, 0.717) is 6.54 Å². The Morgan fingerprint density at radius 3 is 2.58 bits per heavy atom. The molecule has 100 valence electrons. The Morgan fingerprint density at radius 2 is 2.00 bits per heavy atom. The molecule has 0 spiro atoms. The second-order valence-electron chi connectivity index (χ2n) is 4.08. The summed E-state index contributed by atoms with van der Waals surface area (Å²) < 4.78 is 3.03. The Morgan fingerprint density at radius 1 is 1.37 bits per heavy atom. The molecule has 0 amide bonds. The Balaban J connectivity index is 2.61. The van der Waals surface area contributed by atoms with Gasteiger partial charge < -0.3 is 16.4 Å². The number of rotatable bonds is 3. The van der Waals surface area contributed by atoms with Crippen molar-refractivity contribution in [2.75, 3.05) is 11.2 Å². The van der Waals surface area contributed by atoms with Crippen molar-refractivity contribution in [3.63, 3.8) is 0 Å². The third kappa shape index (κ3) is 2.38. The number of nitrogens with one attached hydrogen (secondary N) is 1. The lowest BCUT2D eigenvalue weighted by atomic mass is 10.2. The molecule has 0 atom stereocenters. The highest BCUT2D eigenvalue weighted by Crippen LogP contribution is 2.15. The number of anilines is 2. The molecule has 0 aliphatic carbocycles. The molecule has 1 aromatic carbocycles. The van der Waals surface area contributed by atoms with Gasteiger partial charge in [0.1, 0.15) is 11.5 Å². The topological polar surface area (TPSA) is 88.0 Å². The first-order valence-electron chi connectivity index (χ1n) is 5.57. The van der Waals surface area contributed by atoms with Gasteiger partial charge in [-0.15, -0.1) is 0 Å². The van der Waals surface area contributed by atoms with E-state index in [9.17, 15) is 10.0 Å². The number of nitrogens with two attached hydrogens (primary N) is 1. The summed E-state index contributed by atoms with van der Waals surface area (Å²) in [6.07, 6.45) is 0. The van der Waals surface area contributed by atoms with Crippen molar-refractivity contribution >= 4 is 23.7 Å². The minimum Gasteiger partial charge on any atom is -0.761 e. The van der Waals surface area contributed by atoms with Crippen LogP contribution in [0.4, 0.5) is 11.5 Å². The van der Waals surface area contributed by atoms with Gasteiger partial charge in [0.15, 0.2) is 4.77 Å². The molecule has 0 fully saturated rings. The fraction of sp³-hybridized carbons (Fsp3) is 0.167. The van der Waals surface area contributed by atoms with Crippen molar-refractivity contribution < 1.29 is 0 Å². The summed E-state index contributed by atoms with van der Waals surface area (Å²) >= 11 is 5.19. The maximum Gasteiger partial charge on any atom is 0.278 e. The molecular formula is C12H13N4O2S-. The fourth-order valence-corrected chi connectivity index (χ4v) is 2.04. The Labute approximate surface area is 114 Å². The highest BCUT2D eigenvalue weighted by atomic mass is 32.1. The number of nitrogens with zero attached hydrogens (tertiary/aromatic N) is 2. The van der Waals surface area contributed by atoms with Crippen molar-refractivity contribution in [2.24, 2.45) is 7.05 Å². The van der Waals surface area contributed by atoms with Crippen LogP contribution in [0.3, 0.4) is 0 Å². The number of aromatic nitrogens is 2. The van der Waals surface area contributed by atoms with Crippen LogP contribution < -0.4 is 16.8 Å². The molecule has 0 saturated carbocycles. The van der Waals surface area contributed by atoms with E-state index < -0.39 is 5.56 Å². The van der Waals surface area contributed by atoms with Gasteiger partial charge in [0, 0.05) is 7.05 Å². The summed E-state index contributed by atoms with van der Waals surface area (Å²) in [7, 11) is 1.51. The number of hydrogen-bond donors (Lipinski definition) is 2. The van der Waals surface area contributed by atoms with E-state index in [2.05, 4.69) is 0 Å². The third-order valence-electron chi connectivity index (χ3n) is 2.87. The van der Waals surface area contributed by atoms with Gasteiger partial charge in [-0.05, 0) is 17.8 Å². The minimum absolute atomic E-state index is 0.0481. The van der Waals surface area contributed by atoms with E-state index in [1.54, 1.807) is 10.0 Å². The number of nitrogen functional groups attached to an aromatic ring is 1. The monoisotopic (exact) mass is 277 g/mol. The first-order chi connectivity index (χ1) is 9.06. The van der Waals surface area contributed by atoms with Crippen LogP contribution in [0.2, 0.25) is 0 Å². The van der Waals surface area contributed by atoms with E-state index >= 15 is 0 Å². The lowest BCUT2D eigenvalue weighted by Gasteiger charge is -2.19. The van der Waals surface area contributed by atoms with Crippen molar-refractivity contribution in [3.05, 3.63) is 56.2 Å². The van der Waals surface area contributed by atoms with Crippen LogP contribution in [0, 0.1) is 9.98 Å². The zero-order valence-corrected chi connectivity index (χ0v) is 11.1. The molecule has 2 rings (SSSR count). The predicted octanol–water partition coefficient (Wildman–Crippen LogP) is 1.46. The molecule has 6 nitrogen and oxygen atoms in total. The van der Waals surface area contributed by atoms with Crippen molar-refractivity contribution in [1.29, 1.82) is 0 Å². The van der Waals surface area contributed by atoms with E-state index in [-0.39, 0.29) is 16.3 Å². The summed E-state index contributed by atoms with van der Waals surface area (Å²) in [5, 5.41) is 10.9.